The molecule has 0 bridgehead atoms. The topological polar surface area (TPSA) is 97.1 Å². The number of nitrogen functional groups attached to an aromatic ring is 1. The van der Waals surface area contributed by atoms with Crippen LogP contribution < -0.4 is 15.2 Å². The smallest absolute Gasteiger partial charge is 0.338 e. The number of rotatable bonds is 16. The second-order valence-electron chi connectivity index (χ2n) is 8.52. The molecular formula is C30H35NO6. The van der Waals surface area contributed by atoms with Crippen molar-refractivity contribution < 1.29 is 28.5 Å². The summed E-state index contributed by atoms with van der Waals surface area (Å²) >= 11 is 0. The zero-order valence-electron chi connectivity index (χ0n) is 21.1. The summed E-state index contributed by atoms with van der Waals surface area (Å²) in [4.78, 5) is 23.8. The number of unbranched alkanes of at least 4 members (excludes halogenated alkanes) is 4. The molecule has 0 aliphatic carbocycles. The highest BCUT2D eigenvalue weighted by molar-refractivity contribution is 5.89. The van der Waals surface area contributed by atoms with E-state index in [1.807, 2.05) is 48.5 Å². The third kappa shape index (κ3) is 10.3. The molecule has 2 N–H and O–H groups in total. The van der Waals surface area contributed by atoms with E-state index in [1.54, 1.807) is 30.3 Å². The van der Waals surface area contributed by atoms with Gasteiger partial charge in [0.25, 0.3) is 0 Å². The van der Waals surface area contributed by atoms with Crippen LogP contribution in [-0.4, -0.2) is 38.4 Å². The lowest BCUT2D eigenvalue weighted by Crippen LogP contribution is -2.07. The maximum Gasteiger partial charge on any atom is 0.338 e. The standard InChI is InChI=1S/C30H35NO6/c31-27-23-26(34-19-9-3-11-21-36-29(32)24-13-5-1-6-14-24)17-18-28(27)35-20-10-4-12-22-37-30(33)25-15-7-2-8-16-25/h1-2,5-8,13-18,23H,3-4,9-12,19-22,31H2. The van der Waals surface area contributed by atoms with E-state index in [0.717, 1.165) is 38.5 Å². The fourth-order valence-corrected chi connectivity index (χ4v) is 3.53. The van der Waals surface area contributed by atoms with Crippen LogP contribution in [0.1, 0.15) is 59.2 Å². The second kappa shape index (κ2) is 15.9. The van der Waals surface area contributed by atoms with Crippen LogP contribution in [0.4, 0.5) is 5.69 Å². The number of anilines is 1. The monoisotopic (exact) mass is 505 g/mol. The van der Waals surface area contributed by atoms with Crippen LogP contribution in [0.5, 0.6) is 11.5 Å². The summed E-state index contributed by atoms with van der Waals surface area (Å²) in [5.41, 5.74) is 7.77. The Morgan fingerprint density at radius 2 is 1.05 bits per heavy atom. The van der Waals surface area contributed by atoms with Crippen molar-refractivity contribution in [1.29, 1.82) is 0 Å². The summed E-state index contributed by atoms with van der Waals surface area (Å²) < 4.78 is 22.1. The Morgan fingerprint density at radius 1 is 0.568 bits per heavy atom. The lowest BCUT2D eigenvalue weighted by Gasteiger charge is -2.12. The fraction of sp³-hybridized carbons (Fsp3) is 0.333. The van der Waals surface area contributed by atoms with Crippen molar-refractivity contribution in [2.45, 2.75) is 38.5 Å². The first kappa shape index (κ1) is 27.6. The number of esters is 2. The van der Waals surface area contributed by atoms with Crippen molar-refractivity contribution in [3.63, 3.8) is 0 Å². The molecule has 0 heterocycles. The van der Waals surface area contributed by atoms with Crippen LogP contribution in [-0.2, 0) is 9.47 Å². The summed E-state index contributed by atoms with van der Waals surface area (Å²) in [7, 11) is 0. The minimum absolute atomic E-state index is 0.293. The highest BCUT2D eigenvalue weighted by Crippen LogP contribution is 2.27. The molecule has 0 atom stereocenters. The highest BCUT2D eigenvalue weighted by Gasteiger charge is 2.07. The number of nitrogens with two attached hydrogens (primary N) is 1. The van der Waals surface area contributed by atoms with Crippen LogP contribution >= 0.6 is 0 Å². The molecule has 0 amide bonds. The predicted octanol–water partition coefficient (Wildman–Crippen LogP) is 6.08. The molecule has 3 aromatic carbocycles. The molecule has 0 aliphatic heterocycles. The third-order valence-corrected chi connectivity index (χ3v) is 5.57. The summed E-state index contributed by atoms with van der Waals surface area (Å²) in [5.74, 6) is 0.735. The predicted molar refractivity (Wildman–Crippen MR) is 143 cm³/mol. The molecule has 0 spiro atoms. The normalized spacial score (nSPS) is 10.5. The van der Waals surface area contributed by atoms with E-state index in [0.29, 0.717) is 54.7 Å². The number of ether oxygens (including phenoxy) is 4. The van der Waals surface area contributed by atoms with Gasteiger partial charge in [0.05, 0.1) is 43.2 Å². The van der Waals surface area contributed by atoms with Gasteiger partial charge in [-0.05, 0) is 74.9 Å². The Bertz CT molecular complexity index is 1090. The van der Waals surface area contributed by atoms with E-state index in [-0.39, 0.29) is 11.9 Å². The molecule has 196 valence electrons. The van der Waals surface area contributed by atoms with E-state index in [4.69, 9.17) is 24.7 Å². The van der Waals surface area contributed by atoms with E-state index in [2.05, 4.69) is 0 Å². The first-order valence-corrected chi connectivity index (χ1v) is 12.7. The zero-order valence-corrected chi connectivity index (χ0v) is 21.1. The second-order valence-corrected chi connectivity index (χ2v) is 8.52. The van der Waals surface area contributed by atoms with Gasteiger partial charge in [0.1, 0.15) is 11.5 Å². The lowest BCUT2D eigenvalue weighted by atomic mass is 10.2. The summed E-state index contributed by atoms with van der Waals surface area (Å²) in [6.45, 7) is 1.87. The molecule has 37 heavy (non-hydrogen) atoms. The molecule has 0 aromatic heterocycles. The Hall–Kier alpha value is -4.00. The van der Waals surface area contributed by atoms with Crippen molar-refractivity contribution in [3.05, 3.63) is 90.0 Å². The number of benzene rings is 3. The van der Waals surface area contributed by atoms with Gasteiger partial charge in [0.15, 0.2) is 0 Å². The Morgan fingerprint density at radius 3 is 1.57 bits per heavy atom. The number of hydrogen-bond donors (Lipinski definition) is 1. The van der Waals surface area contributed by atoms with Gasteiger partial charge in [-0.3, -0.25) is 0 Å². The molecule has 3 rings (SSSR count). The van der Waals surface area contributed by atoms with E-state index >= 15 is 0 Å². The van der Waals surface area contributed by atoms with Crippen molar-refractivity contribution in [3.8, 4) is 11.5 Å². The molecular weight excluding hydrogens is 470 g/mol. The van der Waals surface area contributed by atoms with Gasteiger partial charge in [-0.2, -0.15) is 0 Å². The van der Waals surface area contributed by atoms with Gasteiger partial charge in [0, 0.05) is 6.07 Å². The van der Waals surface area contributed by atoms with E-state index in [9.17, 15) is 9.59 Å². The Balaban J connectivity index is 1.20. The third-order valence-electron chi connectivity index (χ3n) is 5.57. The van der Waals surface area contributed by atoms with Crippen molar-refractivity contribution >= 4 is 17.6 Å². The number of carbonyl (C=O) groups is 2. The first-order chi connectivity index (χ1) is 18.1. The molecule has 0 saturated heterocycles. The largest absolute Gasteiger partial charge is 0.494 e. The maximum atomic E-state index is 11.9. The van der Waals surface area contributed by atoms with E-state index in [1.165, 1.54) is 0 Å². The molecule has 0 aliphatic rings. The van der Waals surface area contributed by atoms with Gasteiger partial charge in [-0.25, -0.2) is 9.59 Å². The van der Waals surface area contributed by atoms with Crippen molar-refractivity contribution in [2.75, 3.05) is 32.2 Å². The molecule has 0 fully saturated rings. The van der Waals surface area contributed by atoms with Crippen molar-refractivity contribution in [2.24, 2.45) is 0 Å². The lowest BCUT2D eigenvalue weighted by molar-refractivity contribution is 0.0487. The fourth-order valence-electron chi connectivity index (χ4n) is 3.53. The maximum absolute atomic E-state index is 11.9. The highest BCUT2D eigenvalue weighted by atomic mass is 16.5. The minimum atomic E-state index is -0.295. The average molecular weight is 506 g/mol. The summed E-state index contributed by atoms with van der Waals surface area (Å²) in [6, 6.07) is 23.4. The molecule has 7 nitrogen and oxygen atoms in total. The Labute approximate surface area is 218 Å². The zero-order chi connectivity index (χ0) is 26.1. The minimum Gasteiger partial charge on any atom is -0.494 e. The molecule has 3 aromatic rings. The van der Waals surface area contributed by atoms with Gasteiger partial charge < -0.3 is 24.7 Å². The van der Waals surface area contributed by atoms with Crippen LogP contribution in [0.25, 0.3) is 0 Å². The van der Waals surface area contributed by atoms with Gasteiger partial charge in [0.2, 0.25) is 0 Å². The quantitative estimate of drug-likeness (QED) is 0.143. The average Bonchev–Trinajstić information content (AvgIpc) is 2.93. The molecule has 0 unspecified atom stereocenters. The Kier molecular flexibility index (Phi) is 11.8. The van der Waals surface area contributed by atoms with Gasteiger partial charge >= 0.3 is 11.9 Å². The summed E-state index contributed by atoms with van der Waals surface area (Å²) in [5, 5.41) is 0. The van der Waals surface area contributed by atoms with Gasteiger partial charge in [-0.1, -0.05) is 36.4 Å². The van der Waals surface area contributed by atoms with Gasteiger partial charge in [-0.15, -0.1) is 0 Å². The molecule has 7 heteroatoms. The number of hydrogen-bond acceptors (Lipinski definition) is 7. The first-order valence-electron chi connectivity index (χ1n) is 12.7. The molecule has 0 radical (unpaired) electrons. The summed E-state index contributed by atoms with van der Waals surface area (Å²) in [6.07, 6.45) is 5.02. The SMILES string of the molecule is Nc1cc(OCCCCCOC(=O)c2ccccc2)ccc1OCCCCCOC(=O)c1ccccc1. The van der Waals surface area contributed by atoms with Crippen LogP contribution in [0.3, 0.4) is 0 Å². The number of carbonyl (C=O) groups excluding carboxylic acids is 2. The van der Waals surface area contributed by atoms with Crippen molar-refractivity contribution in [1.82, 2.24) is 0 Å². The van der Waals surface area contributed by atoms with Crippen LogP contribution in [0, 0.1) is 0 Å². The molecule has 0 saturated carbocycles. The van der Waals surface area contributed by atoms with Crippen LogP contribution in [0.15, 0.2) is 78.9 Å². The van der Waals surface area contributed by atoms with E-state index < -0.39 is 0 Å². The van der Waals surface area contributed by atoms with Crippen LogP contribution in [0.2, 0.25) is 0 Å².